The summed E-state index contributed by atoms with van der Waals surface area (Å²) in [5.41, 5.74) is 7.99. The van der Waals surface area contributed by atoms with Crippen molar-refractivity contribution in [2.75, 3.05) is 0 Å². The van der Waals surface area contributed by atoms with Crippen LogP contribution in [0.25, 0.3) is 97.3 Å². The molecule has 3 aromatic heterocycles. The van der Waals surface area contributed by atoms with Gasteiger partial charge in [-0.3, -0.25) is 4.57 Å². The molecule has 228 valence electrons. The van der Waals surface area contributed by atoms with Crippen molar-refractivity contribution >= 4 is 85.9 Å². The van der Waals surface area contributed by atoms with Crippen LogP contribution < -0.4 is 0 Å². The lowest BCUT2D eigenvalue weighted by Crippen LogP contribution is -1.97. The minimum absolute atomic E-state index is 0.951. The molecule has 8 aromatic carbocycles. The number of hydrogen-bond acceptors (Lipinski definition) is 2. The molecule has 0 spiro atoms. The van der Waals surface area contributed by atoms with E-state index < -0.39 is 0 Å². The zero-order chi connectivity index (χ0) is 32.1. The topological polar surface area (TPSA) is 22.8 Å². The minimum Gasteiger partial charge on any atom is -0.309 e. The fraction of sp³-hybridized carbons (Fsp3) is 0. The average Bonchev–Trinajstić information content (AvgIpc) is 3.84. The van der Waals surface area contributed by atoms with E-state index in [2.05, 4.69) is 173 Å². The maximum atomic E-state index is 5.42. The molecule has 0 atom stereocenters. The van der Waals surface area contributed by atoms with Gasteiger partial charge in [-0.25, -0.2) is 4.98 Å². The number of rotatable bonds is 3. The van der Waals surface area contributed by atoms with E-state index in [4.69, 9.17) is 4.98 Å². The lowest BCUT2D eigenvalue weighted by atomic mass is 9.98. The van der Waals surface area contributed by atoms with E-state index in [1.54, 1.807) is 0 Å². The van der Waals surface area contributed by atoms with Gasteiger partial charge in [-0.15, -0.1) is 11.3 Å². The van der Waals surface area contributed by atoms with Gasteiger partial charge in [0.25, 0.3) is 0 Å². The largest absolute Gasteiger partial charge is 0.309 e. The summed E-state index contributed by atoms with van der Waals surface area (Å²) in [5.74, 6) is 0.951. The molecule has 11 rings (SSSR count). The van der Waals surface area contributed by atoms with Gasteiger partial charge in [0, 0.05) is 58.7 Å². The molecular weight excluding hydrogens is 615 g/mol. The standard InChI is InChI=1S/C45H27N3S/c1-4-12-29(13-5-1)45-46-43-39(48(45)31-16-8-3-9-17-31)25-21-28-20-22-34-33(42(28)43)23-24-35-37-26-36-32-18-10-11-19-38(32)47(30-14-6-2-7-15-30)40(36)27-41(37)49-44(34)35/h1-27H. The number of nitrogens with zero attached hydrogens (tertiary/aromatic N) is 3. The fourth-order valence-corrected chi connectivity index (χ4v) is 9.18. The third-order valence-corrected chi connectivity index (χ3v) is 11.3. The van der Waals surface area contributed by atoms with Crippen molar-refractivity contribution in [1.82, 2.24) is 14.1 Å². The van der Waals surface area contributed by atoms with Crippen LogP contribution >= 0.6 is 11.3 Å². The van der Waals surface area contributed by atoms with Gasteiger partial charge >= 0.3 is 0 Å². The molecule has 0 saturated carbocycles. The van der Waals surface area contributed by atoms with Crippen molar-refractivity contribution in [2.45, 2.75) is 0 Å². The van der Waals surface area contributed by atoms with E-state index in [-0.39, 0.29) is 0 Å². The molecule has 4 heteroatoms. The molecule has 3 heterocycles. The molecule has 0 aliphatic heterocycles. The lowest BCUT2D eigenvalue weighted by molar-refractivity contribution is 1.10. The second kappa shape index (κ2) is 10.1. The SMILES string of the molecule is c1ccc(-c2nc3c4c(ccc5c4ccc4c6cc7c8ccccc8n(-c8ccccc8)c7cc6sc45)ccc3n2-c2ccccc2)cc1. The van der Waals surface area contributed by atoms with Crippen LogP contribution in [0, 0.1) is 0 Å². The Morgan fingerprint density at radius 3 is 1.86 bits per heavy atom. The lowest BCUT2D eigenvalue weighted by Gasteiger charge is -2.10. The van der Waals surface area contributed by atoms with Gasteiger partial charge in [-0.2, -0.15) is 0 Å². The first kappa shape index (κ1) is 26.8. The van der Waals surface area contributed by atoms with Gasteiger partial charge < -0.3 is 4.57 Å². The molecule has 0 aliphatic carbocycles. The van der Waals surface area contributed by atoms with Crippen molar-refractivity contribution in [3.8, 4) is 22.8 Å². The Bertz CT molecular complexity index is 3080. The molecule has 49 heavy (non-hydrogen) atoms. The van der Waals surface area contributed by atoms with E-state index in [9.17, 15) is 0 Å². The Morgan fingerprint density at radius 1 is 0.429 bits per heavy atom. The summed E-state index contributed by atoms with van der Waals surface area (Å²) in [6, 6.07) is 59.2. The normalized spacial score (nSPS) is 12.1. The van der Waals surface area contributed by atoms with Crippen LogP contribution in [0.15, 0.2) is 164 Å². The first-order valence-electron chi connectivity index (χ1n) is 16.6. The van der Waals surface area contributed by atoms with E-state index >= 15 is 0 Å². The van der Waals surface area contributed by atoms with Crippen molar-refractivity contribution in [1.29, 1.82) is 0 Å². The van der Waals surface area contributed by atoms with Crippen molar-refractivity contribution in [2.24, 2.45) is 0 Å². The van der Waals surface area contributed by atoms with E-state index in [1.807, 2.05) is 11.3 Å². The summed E-state index contributed by atoms with van der Waals surface area (Å²) >= 11 is 1.90. The number of imidazole rings is 1. The summed E-state index contributed by atoms with van der Waals surface area (Å²) in [5, 5.41) is 10.1. The third-order valence-electron chi connectivity index (χ3n) is 10.1. The summed E-state index contributed by atoms with van der Waals surface area (Å²) in [7, 11) is 0. The van der Waals surface area contributed by atoms with E-state index in [0.29, 0.717) is 0 Å². The monoisotopic (exact) mass is 641 g/mol. The third kappa shape index (κ3) is 3.80. The number of fused-ring (bicyclic) bond motifs is 12. The molecule has 0 N–H and O–H groups in total. The molecule has 3 nitrogen and oxygen atoms in total. The quantitative estimate of drug-likeness (QED) is 0.176. The Labute approximate surface area is 285 Å². The molecule has 0 amide bonds. The Hall–Kier alpha value is -6.23. The number of para-hydroxylation sites is 3. The van der Waals surface area contributed by atoms with Crippen LogP contribution in [0.2, 0.25) is 0 Å². The van der Waals surface area contributed by atoms with Crippen LogP contribution in [0.3, 0.4) is 0 Å². The minimum atomic E-state index is 0.951. The second-order valence-corrected chi connectivity index (χ2v) is 13.8. The van der Waals surface area contributed by atoms with E-state index in [0.717, 1.165) is 28.1 Å². The number of aromatic nitrogens is 3. The van der Waals surface area contributed by atoms with Crippen LogP contribution in [0.5, 0.6) is 0 Å². The van der Waals surface area contributed by atoms with Crippen LogP contribution in [-0.2, 0) is 0 Å². The Balaban J connectivity index is 1.22. The molecule has 0 fully saturated rings. The first-order valence-corrected chi connectivity index (χ1v) is 17.5. The highest BCUT2D eigenvalue weighted by Crippen LogP contribution is 2.45. The number of thiophene rings is 1. The zero-order valence-electron chi connectivity index (χ0n) is 26.3. The predicted octanol–water partition coefficient (Wildman–Crippen LogP) is 12.5. The molecule has 0 bridgehead atoms. The highest BCUT2D eigenvalue weighted by Gasteiger charge is 2.20. The summed E-state index contributed by atoms with van der Waals surface area (Å²) in [4.78, 5) is 5.42. The van der Waals surface area contributed by atoms with Gasteiger partial charge in [0.2, 0.25) is 0 Å². The molecule has 0 unspecified atom stereocenters. The van der Waals surface area contributed by atoms with Gasteiger partial charge in [-0.05, 0) is 59.3 Å². The fourth-order valence-electron chi connectivity index (χ4n) is 7.93. The predicted molar refractivity (Wildman–Crippen MR) is 209 cm³/mol. The van der Waals surface area contributed by atoms with Gasteiger partial charge in [0.05, 0.1) is 22.1 Å². The van der Waals surface area contributed by atoms with Crippen LogP contribution in [0.4, 0.5) is 0 Å². The van der Waals surface area contributed by atoms with Gasteiger partial charge in [0.1, 0.15) is 5.82 Å². The molecule has 0 radical (unpaired) electrons. The van der Waals surface area contributed by atoms with Gasteiger partial charge in [-0.1, -0.05) is 115 Å². The summed E-state index contributed by atoms with van der Waals surface area (Å²) < 4.78 is 7.33. The maximum absolute atomic E-state index is 5.42. The first-order chi connectivity index (χ1) is 24.3. The number of benzene rings is 8. The summed E-state index contributed by atoms with van der Waals surface area (Å²) in [6.07, 6.45) is 0. The van der Waals surface area contributed by atoms with Crippen LogP contribution in [-0.4, -0.2) is 14.1 Å². The van der Waals surface area contributed by atoms with Crippen molar-refractivity contribution in [3.63, 3.8) is 0 Å². The molecule has 0 saturated heterocycles. The summed E-state index contributed by atoms with van der Waals surface area (Å²) in [6.45, 7) is 0. The smallest absolute Gasteiger partial charge is 0.145 e. The Morgan fingerprint density at radius 2 is 1.06 bits per heavy atom. The highest BCUT2D eigenvalue weighted by atomic mass is 32.1. The molecule has 0 aliphatic rings. The maximum Gasteiger partial charge on any atom is 0.145 e. The average molecular weight is 642 g/mol. The zero-order valence-corrected chi connectivity index (χ0v) is 27.2. The molecular formula is C45H27N3S. The van der Waals surface area contributed by atoms with Crippen molar-refractivity contribution < 1.29 is 0 Å². The van der Waals surface area contributed by atoms with Crippen molar-refractivity contribution in [3.05, 3.63) is 164 Å². The molecule has 11 aromatic rings. The second-order valence-electron chi connectivity index (χ2n) is 12.8. The number of hydrogen-bond donors (Lipinski definition) is 0. The highest BCUT2D eigenvalue weighted by molar-refractivity contribution is 7.26. The van der Waals surface area contributed by atoms with Gasteiger partial charge in [0.15, 0.2) is 0 Å². The Kier molecular flexibility index (Phi) is 5.54. The van der Waals surface area contributed by atoms with E-state index in [1.165, 1.54) is 69.2 Å². The van der Waals surface area contributed by atoms with Crippen LogP contribution in [0.1, 0.15) is 0 Å².